The number of hydrogen-bond donors (Lipinski definition) is 0. The molecular weight excluding hydrogens is 325 g/mol. The van der Waals surface area contributed by atoms with Crippen molar-refractivity contribution in [3.8, 4) is 5.69 Å². The minimum Gasteiger partial charge on any atom is -0.317 e. The van der Waals surface area contributed by atoms with E-state index in [9.17, 15) is 9.36 Å². The third kappa shape index (κ3) is 3.20. The van der Waals surface area contributed by atoms with Gasteiger partial charge in [0.2, 0.25) is 0 Å². The van der Waals surface area contributed by atoms with E-state index in [1.165, 1.54) is 14.2 Å². The molecule has 0 radical (unpaired) electrons. The van der Waals surface area contributed by atoms with Crippen molar-refractivity contribution in [1.82, 2.24) is 4.57 Å². The first-order valence-corrected chi connectivity index (χ1v) is 9.19. The summed E-state index contributed by atoms with van der Waals surface area (Å²) in [6.45, 7) is 0. The van der Waals surface area contributed by atoms with E-state index in [4.69, 9.17) is 9.05 Å². The van der Waals surface area contributed by atoms with Crippen LogP contribution in [0.4, 0.5) is 0 Å². The van der Waals surface area contributed by atoms with Crippen LogP contribution in [0.5, 0.6) is 0 Å². The van der Waals surface area contributed by atoms with Crippen LogP contribution in [0.2, 0.25) is 0 Å². The van der Waals surface area contributed by atoms with Gasteiger partial charge in [0, 0.05) is 31.7 Å². The molecule has 0 bridgehead atoms. The van der Waals surface area contributed by atoms with E-state index >= 15 is 0 Å². The number of ketones is 1. The number of Topliss-reactive ketones (excluding diaryl/α,β-unsaturated/α-hetero) is 1. The van der Waals surface area contributed by atoms with Crippen LogP contribution in [0.25, 0.3) is 16.6 Å². The summed E-state index contributed by atoms with van der Waals surface area (Å²) in [5.41, 5.74) is 2.40. The maximum atomic E-state index is 12.4. The number of benzene rings is 2. The van der Waals surface area contributed by atoms with Crippen LogP contribution in [-0.2, 0) is 13.6 Å². The molecule has 3 aromatic rings. The highest BCUT2D eigenvalue weighted by Gasteiger charge is 2.26. The largest absolute Gasteiger partial charge is 0.337 e. The topological polar surface area (TPSA) is 57.5 Å². The second-order valence-corrected chi connectivity index (χ2v) is 7.62. The first-order valence-electron chi connectivity index (χ1n) is 7.46. The monoisotopic (exact) mass is 343 g/mol. The second kappa shape index (κ2) is 6.73. The van der Waals surface area contributed by atoms with E-state index in [1.807, 2.05) is 53.2 Å². The third-order valence-electron chi connectivity index (χ3n) is 3.94. The molecule has 1 aromatic heterocycles. The summed E-state index contributed by atoms with van der Waals surface area (Å²) in [5, 5.41) is 1.12. The van der Waals surface area contributed by atoms with Crippen molar-refractivity contribution in [3.63, 3.8) is 0 Å². The normalized spacial score (nSPS) is 11.8. The van der Waals surface area contributed by atoms with Crippen LogP contribution in [-0.4, -0.2) is 30.7 Å². The molecule has 24 heavy (non-hydrogen) atoms. The van der Waals surface area contributed by atoms with E-state index in [2.05, 4.69) is 0 Å². The fourth-order valence-electron chi connectivity index (χ4n) is 2.61. The van der Waals surface area contributed by atoms with E-state index in [0.29, 0.717) is 5.56 Å². The maximum Gasteiger partial charge on any atom is 0.337 e. The Morgan fingerprint density at radius 3 is 2.54 bits per heavy atom. The molecule has 0 aliphatic rings. The Balaban J connectivity index is 1.95. The molecule has 0 atom stereocenters. The standard InChI is InChI=1S/C18H18NO4P/c1-22-24(21,23-2)13-18(20)15-7-5-8-16(12-15)19-11-10-14-6-3-4-9-17(14)19/h3-12H,13H2,1-2H3. The molecule has 0 aliphatic carbocycles. The molecule has 3 rings (SSSR count). The van der Waals surface area contributed by atoms with E-state index in [1.54, 1.807) is 12.1 Å². The van der Waals surface area contributed by atoms with Gasteiger partial charge in [-0.15, -0.1) is 0 Å². The lowest BCUT2D eigenvalue weighted by atomic mass is 10.1. The van der Waals surface area contributed by atoms with Crippen molar-refractivity contribution >= 4 is 24.3 Å². The van der Waals surface area contributed by atoms with Crippen molar-refractivity contribution in [2.75, 3.05) is 20.4 Å². The Labute approximate surface area is 140 Å². The van der Waals surface area contributed by atoms with Crippen LogP contribution in [0.15, 0.2) is 60.8 Å². The lowest BCUT2D eigenvalue weighted by Gasteiger charge is -2.13. The summed E-state index contributed by atoms with van der Waals surface area (Å²) in [5.74, 6) is -0.277. The molecule has 0 unspecified atom stereocenters. The molecular formula is C18H18NO4P. The Morgan fingerprint density at radius 1 is 1.04 bits per heavy atom. The van der Waals surface area contributed by atoms with Crippen LogP contribution in [0.1, 0.15) is 10.4 Å². The van der Waals surface area contributed by atoms with Crippen molar-refractivity contribution in [2.45, 2.75) is 0 Å². The van der Waals surface area contributed by atoms with Gasteiger partial charge in [0.15, 0.2) is 5.78 Å². The second-order valence-electron chi connectivity index (χ2n) is 5.35. The number of nitrogens with zero attached hydrogens (tertiary/aromatic N) is 1. The average molecular weight is 343 g/mol. The number of rotatable bonds is 6. The van der Waals surface area contributed by atoms with Gasteiger partial charge in [-0.1, -0.05) is 30.3 Å². The number of aromatic nitrogens is 1. The molecule has 6 heteroatoms. The Morgan fingerprint density at radius 2 is 1.79 bits per heavy atom. The van der Waals surface area contributed by atoms with Crippen LogP contribution in [0.3, 0.4) is 0 Å². The zero-order valence-corrected chi connectivity index (χ0v) is 14.4. The number of carbonyl (C=O) groups is 1. The van der Waals surface area contributed by atoms with Gasteiger partial charge in [-0.2, -0.15) is 0 Å². The van der Waals surface area contributed by atoms with Crippen LogP contribution < -0.4 is 0 Å². The van der Waals surface area contributed by atoms with E-state index in [0.717, 1.165) is 16.6 Å². The third-order valence-corrected chi connectivity index (χ3v) is 5.73. The first kappa shape index (κ1) is 16.7. The minimum atomic E-state index is -3.37. The van der Waals surface area contributed by atoms with Gasteiger partial charge in [-0.25, -0.2) is 0 Å². The summed E-state index contributed by atoms with van der Waals surface area (Å²) in [6, 6.07) is 17.3. The number of para-hydroxylation sites is 1. The van der Waals surface area contributed by atoms with Gasteiger partial charge in [-0.3, -0.25) is 9.36 Å². The molecule has 124 valence electrons. The average Bonchev–Trinajstić information content (AvgIpc) is 3.06. The zero-order valence-electron chi connectivity index (χ0n) is 13.5. The van der Waals surface area contributed by atoms with Crippen molar-refractivity contribution in [1.29, 1.82) is 0 Å². The molecule has 0 fully saturated rings. The number of hydrogen-bond acceptors (Lipinski definition) is 4. The van der Waals surface area contributed by atoms with Gasteiger partial charge in [0.25, 0.3) is 0 Å². The highest BCUT2D eigenvalue weighted by Crippen LogP contribution is 2.46. The first-order chi connectivity index (χ1) is 11.6. The quantitative estimate of drug-likeness (QED) is 0.495. The minimum absolute atomic E-state index is 0.277. The van der Waals surface area contributed by atoms with Gasteiger partial charge in [-0.05, 0) is 29.7 Å². The van der Waals surface area contributed by atoms with Gasteiger partial charge >= 0.3 is 7.60 Å². The summed E-state index contributed by atoms with van der Waals surface area (Å²) in [4.78, 5) is 12.4. The van der Waals surface area contributed by atoms with Gasteiger partial charge in [0.1, 0.15) is 6.16 Å². The molecule has 0 saturated carbocycles. The van der Waals surface area contributed by atoms with Crippen LogP contribution in [0, 0.1) is 0 Å². The van der Waals surface area contributed by atoms with Crippen molar-refractivity contribution in [2.24, 2.45) is 0 Å². The summed E-state index contributed by atoms with van der Waals surface area (Å²) in [7, 11) is -0.818. The number of carbonyl (C=O) groups excluding carboxylic acids is 1. The van der Waals surface area contributed by atoms with E-state index < -0.39 is 7.60 Å². The van der Waals surface area contributed by atoms with Gasteiger partial charge in [0.05, 0.1) is 5.52 Å². The lowest BCUT2D eigenvalue weighted by Crippen LogP contribution is -2.09. The Kier molecular flexibility index (Phi) is 4.67. The molecule has 1 heterocycles. The van der Waals surface area contributed by atoms with Crippen molar-refractivity contribution in [3.05, 3.63) is 66.4 Å². The fourth-order valence-corrected chi connectivity index (χ4v) is 3.55. The molecule has 0 spiro atoms. The van der Waals surface area contributed by atoms with Gasteiger partial charge < -0.3 is 13.6 Å². The van der Waals surface area contributed by atoms with E-state index in [-0.39, 0.29) is 11.9 Å². The van der Waals surface area contributed by atoms with Crippen molar-refractivity contribution < 1.29 is 18.4 Å². The Hall–Kier alpha value is -2.20. The molecule has 0 amide bonds. The highest BCUT2D eigenvalue weighted by molar-refractivity contribution is 7.54. The summed E-state index contributed by atoms with van der Waals surface area (Å²) < 4.78 is 23.9. The predicted molar refractivity (Wildman–Crippen MR) is 94.1 cm³/mol. The maximum absolute atomic E-state index is 12.4. The van der Waals surface area contributed by atoms with Crippen LogP contribution >= 0.6 is 7.60 Å². The Bertz CT molecular complexity index is 923. The lowest BCUT2D eigenvalue weighted by molar-refractivity contribution is 0.101. The predicted octanol–water partition coefficient (Wildman–Crippen LogP) is 4.30. The summed E-state index contributed by atoms with van der Waals surface area (Å²) >= 11 is 0. The summed E-state index contributed by atoms with van der Waals surface area (Å²) in [6.07, 6.45) is 1.68. The zero-order chi connectivity index (χ0) is 17.2. The molecule has 0 N–H and O–H groups in total. The molecule has 0 saturated heterocycles. The fraction of sp³-hybridized carbons (Fsp3) is 0.167. The number of fused-ring (bicyclic) bond motifs is 1. The molecule has 0 aliphatic heterocycles. The molecule has 2 aromatic carbocycles. The molecule has 5 nitrogen and oxygen atoms in total. The highest BCUT2D eigenvalue weighted by atomic mass is 31.2. The SMILES string of the molecule is COP(=O)(CC(=O)c1cccc(-n2ccc3ccccc32)c1)OC. The smallest absolute Gasteiger partial charge is 0.317 e.